The number of anilines is 1. The molecule has 0 aliphatic rings. The monoisotopic (exact) mass is 217 g/mol. The summed E-state index contributed by atoms with van der Waals surface area (Å²) in [5, 5.41) is 14.5. The minimum Gasteiger partial charge on any atom is -0.383 e. The summed E-state index contributed by atoms with van der Waals surface area (Å²) in [6, 6.07) is 5.16. The largest absolute Gasteiger partial charge is 0.383 e. The standard InChI is InChI=1S/C11H11N3O2/c1-7-6-9(12-2)11(14(15)16)8-4-3-5-13-10(7)8/h3-6,12H,1-2H3. The summed E-state index contributed by atoms with van der Waals surface area (Å²) < 4.78 is 0. The summed E-state index contributed by atoms with van der Waals surface area (Å²) in [5.74, 6) is 0. The van der Waals surface area contributed by atoms with Crippen LogP contribution in [-0.4, -0.2) is 17.0 Å². The first-order chi connectivity index (χ1) is 7.65. The average molecular weight is 217 g/mol. The molecule has 0 atom stereocenters. The second-order valence-electron chi connectivity index (χ2n) is 3.50. The van der Waals surface area contributed by atoms with E-state index < -0.39 is 0 Å². The van der Waals surface area contributed by atoms with Crippen molar-refractivity contribution in [2.75, 3.05) is 12.4 Å². The zero-order valence-electron chi connectivity index (χ0n) is 9.02. The molecule has 1 N–H and O–H groups in total. The van der Waals surface area contributed by atoms with Gasteiger partial charge < -0.3 is 5.32 Å². The quantitative estimate of drug-likeness (QED) is 0.619. The van der Waals surface area contributed by atoms with Crippen LogP contribution in [0.15, 0.2) is 24.4 Å². The third-order valence-corrected chi connectivity index (χ3v) is 2.50. The van der Waals surface area contributed by atoms with Crippen LogP contribution >= 0.6 is 0 Å². The summed E-state index contributed by atoms with van der Waals surface area (Å²) in [7, 11) is 1.67. The molecule has 5 heteroatoms. The zero-order chi connectivity index (χ0) is 11.7. The van der Waals surface area contributed by atoms with Crippen LogP contribution in [0.3, 0.4) is 0 Å². The summed E-state index contributed by atoms with van der Waals surface area (Å²) in [6.45, 7) is 1.89. The van der Waals surface area contributed by atoms with E-state index in [1.807, 2.05) is 6.92 Å². The van der Waals surface area contributed by atoms with Gasteiger partial charge in [0.2, 0.25) is 0 Å². The lowest BCUT2D eigenvalue weighted by Gasteiger charge is -2.07. The molecule has 0 saturated heterocycles. The maximum atomic E-state index is 11.0. The van der Waals surface area contributed by atoms with Crippen LogP contribution in [0, 0.1) is 17.0 Å². The van der Waals surface area contributed by atoms with Gasteiger partial charge in [-0.05, 0) is 30.7 Å². The Kier molecular flexibility index (Phi) is 2.44. The number of aryl methyl sites for hydroxylation is 1. The fourth-order valence-electron chi connectivity index (χ4n) is 1.80. The lowest BCUT2D eigenvalue weighted by atomic mass is 10.1. The van der Waals surface area contributed by atoms with Gasteiger partial charge in [0.15, 0.2) is 0 Å². The molecule has 0 unspecified atom stereocenters. The molecule has 0 bridgehead atoms. The van der Waals surface area contributed by atoms with Gasteiger partial charge >= 0.3 is 5.69 Å². The number of rotatable bonds is 2. The van der Waals surface area contributed by atoms with E-state index in [1.165, 1.54) is 0 Å². The van der Waals surface area contributed by atoms with Crippen molar-refractivity contribution >= 4 is 22.3 Å². The van der Waals surface area contributed by atoms with E-state index in [1.54, 1.807) is 31.4 Å². The first kappa shape index (κ1) is 10.4. The Morgan fingerprint density at radius 2 is 2.25 bits per heavy atom. The zero-order valence-corrected chi connectivity index (χ0v) is 9.02. The average Bonchev–Trinajstić information content (AvgIpc) is 2.28. The molecule has 0 amide bonds. The van der Waals surface area contributed by atoms with Crippen LogP contribution in [-0.2, 0) is 0 Å². The minimum absolute atomic E-state index is 0.0798. The molecule has 16 heavy (non-hydrogen) atoms. The molecular formula is C11H11N3O2. The molecular weight excluding hydrogens is 206 g/mol. The number of pyridine rings is 1. The predicted octanol–water partition coefficient (Wildman–Crippen LogP) is 2.49. The Morgan fingerprint density at radius 1 is 1.50 bits per heavy atom. The maximum Gasteiger partial charge on any atom is 0.301 e. The van der Waals surface area contributed by atoms with Crippen molar-refractivity contribution in [3.63, 3.8) is 0 Å². The van der Waals surface area contributed by atoms with Crippen LogP contribution in [0.5, 0.6) is 0 Å². The molecule has 2 aromatic rings. The van der Waals surface area contributed by atoms with E-state index in [0.717, 1.165) is 5.56 Å². The number of nitro benzene ring substituents is 1. The molecule has 0 fully saturated rings. The Hall–Kier alpha value is -2.17. The summed E-state index contributed by atoms with van der Waals surface area (Å²) in [4.78, 5) is 14.8. The fraction of sp³-hybridized carbons (Fsp3) is 0.182. The summed E-state index contributed by atoms with van der Waals surface area (Å²) >= 11 is 0. The van der Waals surface area contributed by atoms with Gasteiger partial charge in [-0.15, -0.1) is 0 Å². The lowest BCUT2D eigenvalue weighted by Crippen LogP contribution is -1.99. The molecule has 1 heterocycles. The molecule has 0 aliphatic carbocycles. The van der Waals surface area contributed by atoms with Gasteiger partial charge in [-0.3, -0.25) is 15.1 Å². The predicted molar refractivity (Wildman–Crippen MR) is 62.7 cm³/mol. The third-order valence-electron chi connectivity index (χ3n) is 2.50. The van der Waals surface area contributed by atoms with E-state index in [9.17, 15) is 10.1 Å². The minimum atomic E-state index is -0.380. The Morgan fingerprint density at radius 3 is 2.88 bits per heavy atom. The van der Waals surface area contributed by atoms with E-state index >= 15 is 0 Å². The summed E-state index contributed by atoms with van der Waals surface area (Å²) in [5.41, 5.74) is 2.19. The van der Waals surface area contributed by atoms with E-state index in [-0.39, 0.29) is 10.6 Å². The molecule has 0 spiro atoms. The fourth-order valence-corrected chi connectivity index (χ4v) is 1.80. The summed E-state index contributed by atoms with van der Waals surface area (Å²) in [6.07, 6.45) is 1.64. The highest BCUT2D eigenvalue weighted by Gasteiger charge is 2.19. The van der Waals surface area contributed by atoms with Gasteiger partial charge in [-0.2, -0.15) is 0 Å². The van der Waals surface area contributed by atoms with Crippen molar-refractivity contribution in [2.45, 2.75) is 6.92 Å². The highest BCUT2D eigenvalue weighted by atomic mass is 16.6. The van der Waals surface area contributed by atoms with Gasteiger partial charge in [-0.25, -0.2) is 0 Å². The molecule has 1 aromatic heterocycles. The Balaban J connectivity index is 2.92. The highest BCUT2D eigenvalue weighted by Crippen LogP contribution is 2.34. The second-order valence-corrected chi connectivity index (χ2v) is 3.50. The highest BCUT2D eigenvalue weighted by molar-refractivity contribution is 5.96. The van der Waals surface area contributed by atoms with Crippen LogP contribution < -0.4 is 5.32 Å². The van der Waals surface area contributed by atoms with Gasteiger partial charge in [0, 0.05) is 13.2 Å². The van der Waals surface area contributed by atoms with Gasteiger partial charge in [0.25, 0.3) is 0 Å². The van der Waals surface area contributed by atoms with Crippen molar-refractivity contribution in [3.05, 3.63) is 40.1 Å². The number of aromatic nitrogens is 1. The molecule has 82 valence electrons. The van der Waals surface area contributed by atoms with Crippen LogP contribution in [0.2, 0.25) is 0 Å². The van der Waals surface area contributed by atoms with E-state index in [0.29, 0.717) is 16.6 Å². The van der Waals surface area contributed by atoms with Crippen LogP contribution in [0.1, 0.15) is 5.56 Å². The molecule has 0 saturated carbocycles. The molecule has 5 nitrogen and oxygen atoms in total. The number of nitro groups is 1. The normalized spacial score (nSPS) is 10.4. The van der Waals surface area contributed by atoms with Crippen LogP contribution in [0.4, 0.5) is 11.4 Å². The van der Waals surface area contributed by atoms with E-state index in [4.69, 9.17) is 0 Å². The second kappa shape index (κ2) is 3.77. The SMILES string of the molecule is CNc1cc(C)c2ncccc2c1[N+](=O)[O-]. The number of benzene rings is 1. The Labute approximate surface area is 92.3 Å². The number of nitrogens with one attached hydrogen (secondary N) is 1. The lowest BCUT2D eigenvalue weighted by molar-refractivity contribution is -0.382. The van der Waals surface area contributed by atoms with Crippen molar-refractivity contribution in [3.8, 4) is 0 Å². The number of fused-ring (bicyclic) bond motifs is 1. The maximum absolute atomic E-state index is 11.0. The van der Waals surface area contributed by atoms with Gasteiger partial charge in [0.1, 0.15) is 5.69 Å². The molecule has 2 rings (SSSR count). The van der Waals surface area contributed by atoms with Gasteiger partial charge in [0.05, 0.1) is 15.8 Å². The number of nitrogens with zero attached hydrogens (tertiary/aromatic N) is 2. The first-order valence-corrected chi connectivity index (χ1v) is 4.85. The molecule has 1 aromatic carbocycles. The first-order valence-electron chi connectivity index (χ1n) is 4.85. The van der Waals surface area contributed by atoms with Gasteiger partial charge in [-0.1, -0.05) is 0 Å². The molecule has 0 aliphatic heterocycles. The number of hydrogen-bond donors (Lipinski definition) is 1. The van der Waals surface area contributed by atoms with Crippen molar-refractivity contribution < 1.29 is 4.92 Å². The third kappa shape index (κ3) is 1.46. The number of hydrogen-bond acceptors (Lipinski definition) is 4. The van der Waals surface area contributed by atoms with Crippen LogP contribution in [0.25, 0.3) is 10.9 Å². The Bertz CT molecular complexity index is 566. The van der Waals surface area contributed by atoms with Crippen molar-refractivity contribution in [1.29, 1.82) is 0 Å². The van der Waals surface area contributed by atoms with Crippen molar-refractivity contribution in [1.82, 2.24) is 4.98 Å². The topological polar surface area (TPSA) is 68.1 Å². The van der Waals surface area contributed by atoms with E-state index in [2.05, 4.69) is 10.3 Å². The van der Waals surface area contributed by atoms with Crippen molar-refractivity contribution in [2.24, 2.45) is 0 Å². The molecule has 0 radical (unpaired) electrons. The smallest absolute Gasteiger partial charge is 0.301 e.